The van der Waals surface area contributed by atoms with Gasteiger partial charge in [-0.25, -0.2) is 0 Å². The van der Waals surface area contributed by atoms with Crippen LogP contribution in [0.15, 0.2) is 42.5 Å². The Morgan fingerprint density at radius 3 is 2.42 bits per heavy atom. The fourth-order valence-electron chi connectivity index (χ4n) is 4.60. The molecule has 0 saturated carbocycles. The highest BCUT2D eigenvalue weighted by Gasteiger charge is 2.29. The lowest BCUT2D eigenvalue weighted by Crippen LogP contribution is -2.57. The van der Waals surface area contributed by atoms with E-state index >= 15 is 0 Å². The van der Waals surface area contributed by atoms with Gasteiger partial charge in [0, 0.05) is 12.8 Å². The van der Waals surface area contributed by atoms with Gasteiger partial charge in [0.15, 0.2) is 0 Å². The molecule has 0 fully saturated rings. The lowest BCUT2D eigenvalue weighted by Gasteiger charge is -2.26. The quantitative estimate of drug-likeness (QED) is 0.211. The van der Waals surface area contributed by atoms with Crippen LogP contribution in [0.2, 0.25) is 0 Å². The van der Waals surface area contributed by atoms with Crippen LogP contribution in [-0.2, 0) is 27.2 Å². The smallest absolute Gasteiger partial charge is 0.243 e. The third-order valence-corrected chi connectivity index (χ3v) is 6.84. The van der Waals surface area contributed by atoms with Gasteiger partial charge in [-0.1, -0.05) is 37.8 Å². The number of rotatable bonds is 9. The van der Waals surface area contributed by atoms with E-state index in [0.717, 1.165) is 16.7 Å². The topological polar surface area (TPSA) is 206 Å². The minimum absolute atomic E-state index is 0. The average molecular weight is 557 g/mol. The zero-order valence-electron chi connectivity index (χ0n) is 22.1. The molecular weight excluding hydrogens is 512 g/mol. The lowest BCUT2D eigenvalue weighted by molar-refractivity contribution is -0.132. The summed E-state index contributed by atoms with van der Waals surface area (Å²) in [5.41, 5.74) is 20.4. The van der Waals surface area contributed by atoms with Crippen LogP contribution >= 0.6 is 0 Å². The maximum Gasteiger partial charge on any atom is 0.243 e. The number of phenols is 1. The molecule has 11 heteroatoms. The summed E-state index contributed by atoms with van der Waals surface area (Å²) in [6, 6.07) is 9.14. The number of benzene rings is 2. The summed E-state index contributed by atoms with van der Waals surface area (Å²) >= 11 is 0. The minimum atomic E-state index is -1.03. The van der Waals surface area contributed by atoms with Crippen molar-refractivity contribution in [3.63, 3.8) is 0 Å². The van der Waals surface area contributed by atoms with Gasteiger partial charge >= 0.3 is 0 Å². The number of carbonyl (C=O) groups excluding carboxylic acids is 3. The van der Waals surface area contributed by atoms with Gasteiger partial charge in [0.1, 0.15) is 17.8 Å². The van der Waals surface area contributed by atoms with E-state index in [-0.39, 0.29) is 39.0 Å². The maximum absolute atomic E-state index is 13.4. The number of fused-ring (bicyclic) bond motifs is 5. The molecule has 4 bridgehead atoms. The van der Waals surface area contributed by atoms with Crippen LogP contribution < -0.4 is 33.2 Å². The van der Waals surface area contributed by atoms with E-state index in [9.17, 15) is 24.6 Å². The third kappa shape index (κ3) is 9.02. The van der Waals surface area contributed by atoms with E-state index in [0.29, 0.717) is 37.9 Å². The van der Waals surface area contributed by atoms with Crippen molar-refractivity contribution < 1.29 is 24.6 Å². The van der Waals surface area contributed by atoms with Crippen LogP contribution in [0.1, 0.15) is 44.2 Å². The van der Waals surface area contributed by atoms with E-state index in [1.807, 2.05) is 24.3 Å². The van der Waals surface area contributed by atoms with Crippen molar-refractivity contribution in [1.29, 1.82) is 0 Å². The molecule has 1 aliphatic heterocycles. The molecule has 3 amide bonds. The van der Waals surface area contributed by atoms with Crippen LogP contribution in [-0.4, -0.2) is 71.8 Å². The minimum Gasteiger partial charge on any atom is -0.508 e. The maximum atomic E-state index is 13.4. The Kier molecular flexibility index (Phi) is 13.0. The first-order valence-corrected chi connectivity index (χ1v) is 13.3. The zero-order valence-corrected chi connectivity index (χ0v) is 22.1. The van der Waals surface area contributed by atoms with Crippen molar-refractivity contribution in [1.82, 2.24) is 16.0 Å². The molecule has 0 aliphatic carbocycles. The first-order chi connectivity index (χ1) is 18.7. The van der Waals surface area contributed by atoms with Crippen molar-refractivity contribution in [3.05, 3.63) is 53.6 Å². The fraction of sp³-hybridized carbons (Fsp3) is 0.483. The second kappa shape index (κ2) is 15.9. The Morgan fingerprint density at radius 1 is 1.00 bits per heavy atom. The van der Waals surface area contributed by atoms with Crippen molar-refractivity contribution in [2.75, 3.05) is 19.7 Å². The number of nitrogens with one attached hydrogen (secondary N) is 3. The summed E-state index contributed by atoms with van der Waals surface area (Å²) in [4.78, 5) is 39.7. The molecule has 0 radical (unpaired) electrons. The molecule has 4 atom stereocenters. The molecule has 1 heterocycles. The van der Waals surface area contributed by atoms with E-state index in [1.54, 1.807) is 18.2 Å². The molecule has 1 aliphatic rings. The molecular formula is C29H44N6O5. The Hall–Kier alpha value is -3.51. The van der Waals surface area contributed by atoms with Crippen LogP contribution in [0, 0.1) is 0 Å². The number of nitrogens with two attached hydrogens (primary N) is 3. The number of aliphatic hydroxyl groups is 1. The normalized spacial score (nSPS) is 20.1. The SMILES string of the molecule is C.NCCC[C@@H](CO)NC(=O)[C@@H]1Cc2cccc(c2)-c2ccc(O)c(c2)C[C@H](N)C(=O)N[C@@H](CCCN)C(=O)N1. The monoisotopic (exact) mass is 556 g/mol. The summed E-state index contributed by atoms with van der Waals surface area (Å²) in [5, 5.41) is 28.5. The molecule has 220 valence electrons. The van der Waals surface area contributed by atoms with Gasteiger partial charge in [-0.05, 0) is 73.2 Å². The van der Waals surface area contributed by atoms with Crippen molar-refractivity contribution >= 4 is 17.7 Å². The number of phenolic OH excluding ortho intramolecular Hbond substituents is 1. The highest BCUT2D eigenvalue weighted by Crippen LogP contribution is 2.28. The molecule has 40 heavy (non-hydrogen) atoms. The molecule has 11 nitrogen and oxygen atoms in total. The van der Waals surface area contributed by atoms with Gasteiger partial charge in [-0.15, -0.1) is 0 Å². The molecule has 3 rings (SSSR count). The third-order valence-electron chi connectivity index (χ3n) is 6.84. The van der Waals surface area contributed by atoms with E-state index in [2.05, 4.69) is 16.0 Å². The largest absolute Gasteiger partial charge is 0.508 e. The van der Waals surface area contributed by atoms with Crippen molar-refractivity contribution in [2.45, 2.75) is 70.1 Å². The van der Waals surface area contributed by atoms with Crippen LogP contribution in [0.4, 0.5) is 0 Å². The van der Waals surface area contributed by atoms with Gasteiger partial charge in [-0.2, -0.15) is 0 Å². The lowest BCUT2D eigenvalue weighted by atomic mass is 9.96. The molecule has 2 aromatic rings. The molecule has 0 unspecified atom stereocenters. The first-order valence-electron chi connectivity index (χ1n) is 13.3. The summed E-state index contributed by atoms with van der Waals surface area (Å²) in [6.45, 7) is 0.462. The van der Waals surface area contributed by atoms with Gasteiger partial charge < -0.3 is 43.4 Å². The van der Waals surface area contributed by atoms with Crippen molar-refractivity contribution in [3.8, 4) is 16.9 Å². The van der Waals surface area contributed by atoms with E-state index < -0.39 is 41.9 Å². The molecule has 0 spiro atoms. The molecule has 0 aromatic heterocycles. The predicted molar refractivity (Wildman–Crippen MR) is 155 cm³/mol. The number of aliphatic hydroxyl groups excluding tert-OH is 1. The number of hydrogen-bond acceptors (Lipinski definition) is 8. The van der Waals surface area contributed by atoms with Crippen LogP contribution in [0.5, 0.6) is 5.75 Å². The highest BCUT2D eigenvalue weighted by molar-refractivity contribution is 5.93. The Balaban J connectivity index is 0.00000560. The molecule has 11 N–H and O–H groups in total. The van der Waals surface area contributed by atoms with Crippen LogP contribution in [0.3, 0.4) is 0 Å². The number of hydrogen-bond donors (Lipinski definition) is 8. The number of amides is 3. The standard InChI is InChI=1S/C28H40N6O5.CH4/c29-10-2-6-21(16-35)32-28(39)24-13-17-4-1-5-18(12-17)19-8-9-25(36)20(14-19)15-22(31)26(37)33-23(7-3-11-30)27(38)34-24;/h1,4-5,8-9,12,14,21-24,35-36H,2-3,6-7,10-11,13,15-16,29-31H2,(H,32,39)(H,33,37)(H,34,38);1H4/t21-,22-,23-,24-;/m0./s1. The first kappa shape index (κ1) is 32.7. The summed E-state index contributed by atoms with van der Waals surface area (Å²) < 4.78 is 0. The number of carbonyl (C=O) groups is 3. The number of aromatic hydroxyl groups is 1. The van der Waals surface area contributed by atoms with Gasteiger partial charge in [0.05, 0.1) is 18.7 Å². The molecule has 0 saturated heterocycles. The van der Waals surface area contributed by atoms with Gasteiger partial charge in [0.25, 0.3) is 0 Å². The van der Waals surface area contributed by atoms with Crippen LogP contribution in [0.25, 0.3) is 11.1 Å². The van der Waals surface area contributed by atoms with E-state index in [1.165, 1.54) is 0 Å². The Labute approximate surface area is 235 Å². The van der Waals surface area contributed by atoms with Gasteiger partial charge in [0.2, 0.25) is 17.7 Å². The Morgan fingerprint density at radius 2 is 1.73 bits per heavy atom. The summed E-state index contributed by atoms with van der Waals surface area (Å²) in [6.07, 6.45) is 2.05. The predicted octanol–water partition coefficient (Wildman–Crippen LogP) is 0.0457. The highest BCUT2D eigenvalue weighted by atomic mass is 16.3. The summed E-state index contributed by atoms with van der Waals surface area (Å²) in [5.74, 6) is -1.54. The zero-order chi connectivity index (χ0) is 28.4. The second-order valence-corrected chi connectivity index (χ2v) is 9.93. The summed E-state index contributed by atoms with van der Waals surface area (Å²) in [7, 11) is 0. The fourth-order valence-corrected chi connectivity index (χ4v) is 4.60. The van der Waals surface area contributed by atoms with E-state index in [4.69, 9.17) is 17.2 Å². The Bertz CT molecular complexity index is 1140. The van der Waals surface area contributed by atoms with Crippen molar-refractivity contribution in [2.24, 2.45) is 17.2 Å². The average Bonchev–Trinajstić information content (AvgIpc) is 2.93. The molecule has 2 aromatic carbocycles. The van der Waals surface area contributed by atoms with Gasteiger partial charge in [-0.3, -0.25) is 14.4 Å². The second-order valence-electron chi connectivity index (χ2n) is 9.93.